The van der Waals surface area contributed by atoms with E-state index in [0.717, 1.165) is 0 Å². The summed E-state index contributed by atoms with van der Waals surface area (Å²) in [5, 5.41) is -0.915. The minimum atomic E-state index is -0.915. The van der Waals surface area contributed by atoms with E-state index < -0.39 is 17.0 Å². The second-order valence-electron chi connectivity index (χ2n) is 3.89. The number of hydrogen-bond acceptors (Lipinski definition) is 1. The molecular formula is C14H10BrClF2O. The SMILES string of the molecule is COc1ccc(C(Cl)c2c(F)cccc2F)c(Br)c1. The van der Waals surface area contributed by atoms with E-state index in [2.05, 4.69) is 15.9 Å². The van der Waals surface area contributed by atoms with Crippen LogP contribution in [0.2, 0.25) is 0 Å². The van der Waals surface area contributed by atoms with Crippen molar-refractivity contribution in [3.05, 3.63) is 63.6 Å². The van der Waals surface area contributed by atoms with Crippen LogP contribution in [0.4, 0.5) is 8.78 Å². The Balaban J connectivity index is 2.47. The Bertz CT molecular complexity index is 584. The molecule has 0 aliphatic carbocycles. The summed E-state index contributed by atoms with van der Waals surface area (Å²) in [6.45, 7) is 0. The highest BCUT2D eigenvalue weighted by molar-refractivity contribution is 9.10. The molecule has 2 rings (SSSR count). The van der Waals surface area contributed by atoms with Gasteiger partial charge in [-0.1, -0.05) is 28.1 Å². The highest BCUT2D eigenvalue weighted by atomic mass is 79.9. The average Bonchev–Trinajstić information content (AvgIpc) is 2.38. The summed E-state index contributed by atoms with van der Waals surface area (Å²) in [6.07, 6.45) is 0. The molecule has 0 aliphatic rings. The molecule has 5 heteroatoms. The van der Waals surface area contributed by atoms with E-state index in [1.165, 1.54) is 25.3 Å². The number of rotatable bonds is 3. The lowest BCUT2D eigenvalue weighted by Crippen LogP contribution is -2.02. The smallest absolute Gasteiger partial charge is 0.131 e. The molecule has 0 saturated carbocycles. The summed E-state index contributed by atoms with van der Waals surface area (Å²) in [4.78, 5) is 0. The molecule has 2 aromatic carbocycles. The molecule has 1 atom stereocenters. The largest absolute Gasteiger partial charge is 0.497 e. The summed E-state index contributed by atoms with van der Waals surface area (Å²) in [5.74, 6) is -0.695. The van der Waals surface area contributed by atoms with Crippen molar-refractivity contribution < 1.29 is 13.5 Å². The van der Waals surface area contributed by atoms with Crippen molar-refractivity contribution in [2.75, 3.05) is 7.11 Å². The first kappa shape index (κ1) is 14.3. The van der Waals surface area contributed by atoms with Crippen molar-refractivity contribution in [3.63, 3.8) is 0 Å². The molecule has 19 heavy (non-hydrogen) atoms. The molecular weight excluding hydrogens is 338 g/mol. The number of hydrogen-bond donors (Lipinski definition) is 0. The maximum atomic E-state index is 13.7. The van der Waals surface area contributed by atoms with Crippen molar-refractivity contribution in [1.29, 1.82) is 0 Å². The molecule has 0 saturated heterocycles. The summed E-state index contributed by atoms with van der Waals surface area (Å²) in [7, 11) is 1.54. The lowest BCUT2D eigenvalue weighted by atomic mass is 10.0. The van der Waals surface area contributed by atoms with Crippen LogP contribution in [0.15, 0.2) is 40.9 Å². The number of halogens is 4. The van der Waals surface area contributed by atoms with E-state index in [1.54, 1.807) is 18.2 Å². The fourth-order valence-electron chi connectivity index (χ4n) is 1.75. The monoisotopic (exact) mass is 346 g/mol. The van der Waals surface area contributed by atoms with Crippen LogP contribution in [0, 0.1) is 11.6 Å². The zero-order chi connectivity index (χ0) is 14.0. The van der Waals surface area contributed by atoms with Crippen LogP contribution < -0.4 is 4.74 Å². The van der Waals surface area contributed by atoms with Crippen LogP contribution in [0.5, 0.6) is 5.75 Å². The molecule has 0 aliphatic heterocycles. The van der Waals surface area contributed by atoms with E-state index in [0.29, 0.717) is 15.8 Å². The molecule has 1 unspecified atom stereocenters. The molecule has 1 nitrogen and oxygen atoms in total. The third-order valence-electron chi connectivity index (χ3n) is 2.73. The van der Waals surface area contributed by atoms with Crippen molar-refractivity contribution in [2.24, 2.45) is 0 Å². The van der Waals surface area contributed by atoms with Gasteiger partial charge in [0.15, 0.2) is 0 Å². The highest BCUT2D eigenvalue weighted by Gasteiger charge is 2.21. The van der Waals surface area contributed by atoms with Crippen LogP contribution >= 0.6 is 27.5 Å². The number of alkyl halides is 1. The van der Waals surface area contributed by atoms with Gasteiger partial charge < -0.3 is 4.74 Å². The van der Waals surface area contributed by atoms with Crippen molar-refractivity contribution in [1.82, 2.24) is 0 Å². The van der Waals surface area contributed by atoms with E-state index in [9.17, 15) is 8.78 Å². The number of benzene rings is 2. The highest BCUT2D eigenvalue weighted by Crippen LogP contribution is 2.37. The summed E-state index contributed by atoms with van der Waals surface area (Å²) < 4.78 is 33.1. The van der Waals surface area contributed by atoms with Crippen LogP contribution in [-0.2, 0) is 0 Å². The second-order valence-corrected chi connectivity index (χ2v) is 5.18. The quantitative estimate of drug-likeness (QED) is 0.705. The van der Waals surface area contributed by atoms with Gasteiger partial charge in [-0.15, -0.1) is 11.6 Å². The third kappa shape index (κ3) is 2.90. The van der Waals surface area contributed by atoms with Crippen LogP contribution in [-0.4, -0.2) is 7.11 Å². The molecule has 0 spiro atoms. The average molecular weight is 348 g/mol. The molecule has 0 radical (unpaired) electrons. The van der Waals surface area contributed by atoms with Crippen molar-refractivity contribution >= 4 is 27.5 Å². The van der Waals surface area contributed by atoms with Crippen molar-refractivity contribution in [3.8, 4) is 5.75 Å². The second kappa shape index (κ2) is 5.88. The van der Waals surface area contributed by atoms with Gasteiger partial charge in [-0.3, -0.25) is 0 Å². The minimum Gasteiger partial charge on any atom is -0.497 e. The molecule has 0 amide bonds. The topological polar surface area (TPSA) is 9.23 Å². The Morgan fingerprint density at radius 2 is 1.79 bits per heavy atom. The Morgan fingerprint density at radius 3 is 2.32 bits per heavy atom. The van der Waals surface area contributed by atoms with E-state index in [4.69, 9.17) is 16.3 Å². The van der Waals surface area contributed by atoms with Gasteiger partial charge in [-0.05, 0) is 29.8 Å². The summed E-state index contributed by atoms with van der Waals surface area (Å²) >= 11 is 9.52. The van der Waals surface area contributed by atoms with Gasteiger partial charge in [0.1, 0.15) is 17.4 Å². The van der Waals surface area contributed by atoms with Crippen LogP contribution in [0.25, 0.3) is 0 Å². The Labute approximate surface area is 123 Å². The van der Waals surface area contributed by atoms with E-state index >= 15 is 0 Å². The Hall–Kier alpha value is -1.13. The number of methoxy groups -OCH3 is 1. The predicted octanol–water partition coefficient (Wildman–Crippen LogP) is 5.06. The molecule has 0 N–H and O–H groups in total. The van der Waals surface area contributed by atoms with Gasteiger partial charge in [0.25, 0.3) is 0 Å². The van der Waals surface area contributed by atoms with Crippen LogP contribution in [0.1, 0.15) is 16.5 Å². The minimum absolute atomic E-state index is 0.157. The first-order chi connectivity index (χ1) is 9.04. The van der Waals surface area contributed by atoms with Gasteiger partial charge in [-0.25, -0.2) is 8.78 Å². The Morgan fingerprint density at radius 1 is 1.16 bits per heavy atom. The molecule has 0 bridgehead atoms. The maximum Gasteiger partial charge on any atom is 0.131 e. The zero-order valence-electron chi connectivity index (χ0n) is 9.96. The van der Waals surface area contributed by atoms with Gasteiger partial charge in [0.2, 0.25) is 0 Å². The summed E-state index contributed by atoms with van der Waals surface area (Å²) in [5.41, 5.74) is 0.418. The lowest BCUT2D eigenvalue weighted by Gasteiger charge is -2.14. The van der Waals surface area contributed by atoms with E-state index in [1.807, 2.05) is 0 Å². The third-order valence-corrected chi connectivity index (χ3v) is 3.87. The van der Waals surface area contributed by atoms with Crippen LogP contribution in [0.3, 0.4) is 0 Å². The standard InChI is InChI=1S/C14H10BrClF2O/c1-19-8-5-6-9(10(15)7-8)14(16)13-11(17)3-2-4-12(13)18/h2-7,14H,1H3. The molecule has 0 heterocycles. The molecule has 2 aromatic rings. The molecule has 100 valence electrons. The fourth-order valence-corrected chi connectivity index (χ4v) is 2.87. The van der Waals surface area contributed by atoms with E-state index in [-0.39, 0.29) is 5.56 Å². The Kier molecular flexibility index (Phi) is 4.42. The normalized spacial score (nSPS) is 12.3. The van der Waals surface area contributed by atoms with Gasteiger partial charge in [0, 0.05) is 10.0 Å². The predicted molar refractivity (Wildman–Crippen MR) is 74.7 cm³/mol. The first-order valence-electron chi connectivity index (χ1n) is 5.46. The maximum absolute atomic E-state index is 13.7. The summed E-state index contributed by atoms with van der Waals surface area (Å²) in [6, 6.07) is 8.74. The zero-order valence-corrected chi connectivity index (χ0v) is 12.3. The molecule has 0 aromatic heterocycles. The van der Waals surface area contributed by atoms with Gasteiger partial charge in [0.05, 0.1) is 12.5 Å². The van der Waals surface area contributed by atoms with Gasteiger partial charge in [-0.2, -0.15) is 0 Å². The lowest BCUT2D eigenvalue weighted by molar-refractivity contribution is 0.414. The van der Waals surface area contributed by atoms with Gasteiger partial charge >= 0.3 is 0 Å². The van der Waals surface area contributed by atoms with Crippen molar-refractivity contribution in [2.45, 2.75) is 5.38 Å². The fraction of sp³-hybridized carbons (Fsp3) is 0.143. The number of ether oxygens (including phenoxy) is 1. The molecule has 0 fully saturated rings. The first-order valence-corrected chi connectivity index (χ1v) is 6.69.